The molecule has 0 spiro atoms. The van der Waals surface area contributed by atoms with Gasteiger partial charge < -0.3 is 89.3 Å². The minimum absolute atomic E-state index is 0.0928. The first-order chi connectivity index (χ1) is 29.9. The van der Waals surface area contributed by atoms with Crippen LogP contribution in [0.2, 0.25) is 0 Å². The molecule has 4 aliphatic heterocycles. The molecular formula is C45H74O18. The lowest BCUT2D eigenvalue weighted by Crippen LogP contribution is -2.65. The van der Waals surface area contributed by atoms with E-state index in [-0.39, 0.29) is 35.6 Å². The number of aliphatic hydroxyl groups excluding tert-OH is 11. The van der Waals surface area contributed by atoms with Gasteiger partial charge in [-0.3, -0.25) is 0 Å². The van der Waals surface area contributed by atoms with E-state index in [0.29, 0.717) is 29.6 Å². The van der Waals surface area contributed by atoms with Gasteiger partial charge in [0.25, 0.3) is 0 Å². The van der Waals surface area contributed by atoms with Gasteiger partial charge in [-0.05, 0) is 111 Å². The number of hydrogen-bond acceptors (Lipinski definition) is 18. The second-order valence-electron chi connectivity index (χ2n) is 20.9. The molecule has 11 N–H and O–H groups in total. The third-order valence-corrected chi connectivity index (χ3v) is 17.4. The molecule has 7 fully saturated rings. The zero-order valence-corrected chi connectivity index (χ0v) is 37.0. The molecule has 4 saturated carbocycles. The van der Waals surface area contributed by atoms with Crippen LogP contribution in [0.5, 0.6) is 0 Å². The van der Waals surface area contributed by atoms with Gasteiger partial charge in [0.15, 0.2) is 18.9 Å². The second kappa shape index (κ2) is 19.1. The van der Waals surface area contributed by atoms with Crippen LogP contribution in [0.1, 0.15) is 91.9 Å². The molecule has 362 valence electrons. The molecule has 18 nitrogen and oxygen atoms in total. The SMILES string of the molecule is CC1=C(CC[C@H](C)CO[C@@H]2O[C@H](CO)[C@@H](O)[C@H](O)[C@H]2O)O[C@H]2C[C@@H]3[C@@H]4CC[C@@H]5C[C@@H](O[C@@H]6O[C@H](CO)[C@H](O)[C@H](O)[C@H]6O[C@@H]6O[C@H](CO)[C@@H](O)[C@H](O)[C@H]6O)CC[C@]5(C)[C@H]4CC[C@]3(C)[C@@H]12. The normalized spacial score (nSPS) is 52.7. The average molecular weight is 903 g/mol. The van der Waals surface area contributed by atoms with Crippen LogP contribution in [0.15, 0.2) is 11.3 Å². The number of fused-ring (bicyclic) bond motifs is 7. The van der Waals surface area contributed by atoms with Crippen molar-refractivity contribution in [2.24, 2.45) is 46.3 Å². The maximum Gasteiger partial charge on any atom is 0.187 e. The first-order valence-electron chi connectivity index (χ1n) is 23.5. The minimum atomic E-state index is -1.74. The lowest BCUT2D eigenvalue weighted by Gasteiger charge is -2.61. The summed E-state index contributed by atoms with van der Waals surface area (Å²) in [5.74, 6) is 3.56. The molecule has 18 heteroatoms. The lowest BCUT2D eigenvalue weighted by atomic mass is 9.44. The molecule has 4 heterocycles. The van der Waals surface area contributed by atoms with E-state index in [1.807, 2.05) is 0 Å². The number of ether oxygens (including phenoxy) is 7. The van der Waals surface area contributed by atoms with Crippen molar-refractivity contribution in [2.75, 3.05) is 26.4 Å². The summed E-state index contributed by atoms with van der Waals surface area (Å²) in [6.07, 6.45) is -12.1. The van der Waals surface area contributed by atoms with Crippen LogP contribution in [-0.4, -0.2) is 187 Å². The van der Waals surface area contributed by atoms with Gasteiger partial charge in [-0.2, -0.15) is 0 Å². The first-order valence-corrected chi connectivity index (χ1v) is 23.5. The van der Waals surface area contributed by atoms with Crippen molar-refractivity contribution in [2.45, 2.75) is 196 Å². The van der Waals surface area contributed by atoms with Gasteiger partial charge in [-0.25, -0.2) is 0 Å². The zero-order chi connectivity index (χ0) is 45.3. The highest BCUT2D eigenvalue weighted by Crippen LogP contribution is 2.70. The Balaban J connectivity index is 0.872. The van der Waals surface area contributed by atoms with Crippen molar-refractivity contribution in [3.63, 3.8) is 0 Å². The van der Waals surface area contributed by atoms with Crippen LogP contribution >= 0.6 is 0 Å². The summed E-state index contributed by atoms with van der Waals surface area (Å²) in [5.41, 5.74) is 1.57. The van der Waals surface area contributed by atoms with Gasteiger partial charge in [0.2, 0.25) is 0 Å². The molecule has 63 heavy (non-hydrogen) atoms. The minimum Gasteiger partial charge on any atom is -0.494 e. The van der Waals surface area contributed by atoms with Gasteiger partial charge in [-0.1, -0.05) is 20.8 Å². The van der Waals surface area contributed by atoms with E-state index in [0.717, 1.165) is 70.0 Å². The molecule has 0 radical (unpaired) electrons. The summed E-state index contributed by atoms with van der Waals surface area (Å²) in [5, 5.41) is 113. The number of rotatable bonds is 13. The highest BCUT2D eigenvalue weighted by molar-refractivity contribution is 5.26. The van der Waals surface area contributed by atoms with E-state index < -0.39 is 112 Å². The molecule has 0 aromatic heterocycles. The van der Waals surface area contributed by atoms with Crippen molar-refractivity contribution in [3.8, 4) is 0 Å². The number of hydrogen-bond donors (Lipinski definition) is 11. The molecule has 8 rings (SSSR count). The van der Waals surface area contributed by atoms with Crippen LogP contribution in [0.3, 0.4) is 0 Å². The average Bonchev–Trinajstić information content (AvgIpc) is 3.76. The Kier molecular flexibility index (Phi) is 14.6. The lowest BCUT2D eigenvalue weighted by molar-refractivity contribution is -0.373. The predicted octanol–water partition coefficient (Wildman–Crippen LogP) is -0.830. The molecule has 0 aromatic rings. The quantitative estimate of drug-likeness (QED) is 0.101. The van der Waals surface area contributed by atoms with Crippen molar-refractivity contribution in [1.82, 2.24) is 0 Å². The van der Waals surface area contributed by atoms with Crippen LogP contribution in [0.25, 0.3) is 0 Å². The van der Waals surface area contributed by atoms with Gasteiger partial charge >= 0.3 is 0 Å². The molecule has 25 atom stereocenters. The standard InChI is InChI=1S/C45H74O18/c1-19(18-57-41-38(55)35(52)32(49)28(15-46)60-41)5-8-26-20(2)31-27(59-26)14-25-23-7-6-21-13-22(9-11-44(21,3)24(23)10-12-45(25,31)4)58-43-40(37(54)34(51)30(17-48)62-43)63-42-39(56)36(53)33(50)29(16-47)61-42/h19,21-25,27-43,46-56H,5-18H2,1-4H3/t19-,21+,22-,23+,24-,25+,27-,28+,29+,30+,31-,32+,33+,34-,35-,36-,37-,38+,39+,40+,41+,42-,43+,44-,45-/m0/s1. The van der Waals surface area contributed by atoms with Gasteiger partial charge in [0, 0.05) is 12.3 Å². The van der Waals surface area contributed by atoms with E-state index in [1.165, 1.54) is 5.57 Å². The van der Waals surface area contributed by atoms with E-state index in [9.17, 15) is 56.2 Å². The maximum absolute atomic E-state index is 11.2. The van der Waals surface area contributed by atoms with Crippen LogP contribution in [0.4, 0.5) is 0 Å². The van der Waals surface area contributed by atoms with E-state index >= 15 is 0 Å². The topological polar surface area (TPSA) is 287 Å². The van der Waals surface area contributed by atoms with Gasteiger partial charge in [0.1, 0.15) is 79.4 Å². The summed E-state index contributed by atoms with van der Waals surface area (Å²) in [7, 11) is 0. The van der Waals surface area contributed by atoms with E-state index in [4.69, 9.17) is 33.2 Å². The Bertz CT molecular complexity index is 1580. The van der Waals surface area contributed by atoms with Crippen molar-refractivity contribution >= 4 is 0 Å². The second-order valence-corrected chi connectivity index (χ2v) is 20.9. The summed E-state index contributed by atoms with van der Waals surface area (Å²) in [6.45, 7) is 7.74. The summed E-state index contributed by atoms with van der Waals surface area (Å²) < 4.78 is 42.2. The number of aliphatic hydroxyl groups is 11. The highest BCUT2D eigenvalue weighted by Gasteiger charge is 2.65. The smallest absolute Gasteiger partial charge is 0.187 e. The predicted molar refractivity (Wildman–Crippen MR) is 218 cm³/mol. The maximum atomic E-state index is 11.2. The third-order valence-electron chi connectivity index (χ3n) is 17.4. The fraction of sp³-hybridized carbons (Fsp3) is 0.956. The Labute approximate surface area is 369 Å². The van der Waals surface area contributed by atoms with Crippen molar-refractivity contribution < 1.29 is 89.3 Å². The molecule has 0 bridgehead atoms. The monoisotopic (exact) mass is 902 g/mol. The molecule has 8 aliphatic rings. The largest absolute Gasteiger partial charge is 0.494 e. The highest BCUT2D eigenvalue weighted by atomic mass is 16.8. The van der Waals surface area contributed by atoms with Gasteiger partial charge in [-0.15, -0.1) is 0 Å². The van der Waals surface area contributed by atoms with Crippen LogP contribution in [0, 0.1) is 46.3 Å². The zero-order valence-electron chi connectivity index (χ0n) is 37.0. The third kappa shape index (κ3) is 8.68. The summed E-state index contributed by atoms with van der Waals surface area (Å²) in [4.78, 5) is 0. The van der Waals surface area contributed by atoms with E-state index in [1.54, 1.807) is 0 Å². The van der Waals surface area contributed by atoms with E-state index in [2.05, 4.69) is 27.7 Å². The van der Waals surface area contributed by atoms with Crippen LogP contribution < -0.4 is 0 Å². The molecule has 3 saturated heterocycles. The molecular weight excluding hydrogens is 828 g/mol. The molecule has 0 unspecified atom stereocenters. The Morgan fingerprint density at radius 1 is 0.635 bits per heavy atom. The summed E-state index contributed by atoms with van der Waals surface area (Å²) >= 11 is 0. The van der Waals surface area contributed by atoms with Crippen molar-refractivity contribution in [1.29, 1.82) is 0 Å². The summed E-state index contributed by atoms with van der Waals surface area (Å²) in [6, 6.07) is 0. The van der Waals surface area contributed by atoms with Gasteiger partial charge in [0.05, 0.1) is 38.3 Å². The fourth-order valence-electron chi connectivity index (χ4n) is 13.7. The Morgan fingerprint density at radius 2 is 1.22 bits per heavy atom. The number of allylic oxidation sites excluding steroid dienone is 1. The molecule has 0 amide bonds. The fourth-order valence-corrected chi connectivity index (χ4v) is 13.7. The Morgan fingerprint density at radius 3 is 1.87 bits per heavy atom. The Hall–Kier alpha value is -1.14. The molecule has 0 aromatic carbocycles. The van der Waals surface area contributed by atoms with Crippen LogP contribution in [-0.2, 0) is 33.2 Å². The first kappa shape index (κ1) is 48.3. The van der Waals surface area contributed by atoms with Crippen molar-refractivity contribution in [3.05, 3.63) is 11.3 Å². The molecule has 4 aliphatic carbocycles.